The Morgan fingerprint density at radius 2 is 1.53 bits per heavy atom. The summed E-state index contributed by atoms with van der Waals surface area (Å²) >= 11 is 0. The molecule has 0 spiro atoms. The van der Waals surface area contributed by atoms with Crippen molar-refractivity contribution in [3.05, 3.63) is 0 Å². The number of hydrogen-bond donors (Lipinski definition) is 0. The van der Waals surface area contributed by atoms with Crippen LogP contribution in [0.15, 0.2) is 0 Å². The van der Waals surface area contributed by atoms with Crippen molar-refractivity contribution >= 4 is 0 Å². The molecule has 0 amide bonds. The maximum Gasteiger partial charge on any atom is 0.0875 e. The van der Waals surface area contributed by atoms with Crippen molar-refractivity contribution in [1.82, 2.24) is 0 Å². The third-order valence-electron chi connectivity index (χ3n) is 7.44. The lowest BCUT2D eigenvalue weighted by Gasteiger charge is -2.43. The lowest BCUT2D eigenvalue weighted by Crippen LogP contribution is -2.43. The zero-order valence-corrected chi connectivity index (χ0v) is 10.3. The van der Waals surface area contributed by atoms with Gasteiger partial charge in [-0.1, -0.05) is 0 Å². The molecule has 2 saturated heterocycles. The zero-order chi connectivity index (χ0) is 10.9. The monoisotopic (exact) mass is 232 g/mol. The Balaban J connectivity index is 1.45. The maximum absolute atomic E-state index is 6.18. The van der Waals surface area contributed by atoms with E-state index in [1.165, 1.54) is 19.3 Å². The van der Waals surface area contributed by atoms with Gasteiger partial charge in [0.2, 0.25) is 0 Å². The van der Waals surface area contributed by atoms with Crippen molar-refractivity contribution in [3.8, 4) is 0 Å². The molecule has 6 aliphatic rings. The molecule has 6 fully saturated rings. The molecular weight excluding hydrogens is 212 g/mol. The molecular formula is C15H20O2. The van der Waals surface area contributed by atoms with Crippen molar-refractivity contribution in [2.24, 2.45) is 41.4 Å². The molecule has 0 aromatic heterocycles. The van der Waals surface area contributed by atoms with Gasteiger partial charge >= 0.3 is 0 Å². The van der Waals surface area contributed by atoms with Crippen LogP contribution >= 0.6 is 0 Å². The molecule has 2 nitrogen and oxygen atoms in total. The summed E-state index contributed by atoms with van der Waals surface area (Å²) in [4.78, 5) is 0. The predicted octanol–water partition coefficient (Wildman–Crippen LogP) is 2.08. The van der Waals surface area contributed by atoms with Crippen LogP contribution in [-0.4, -0.2) is 24.4 Å². The van der Waals surface area contributed by atoms with Gasteiger partial charge in [-0.05, 0) is 67.6 Å². The molecule has 17 heavy (non-hydrogen) atoms. The number of epoxide rings is 1. The van der Waals surface area contributed by atoms with Crippen molar-refractivity contribution in [1.29, 1.82) is 0 Å². The number of fused-ring (bicyclic) bond motifs is 14. The van der Waals surface area contributed by atoms with Crippen LogP contribution in [0.4, 0.5) is 0 Å². The summed E-state index contributed by atoms with van der Waals surface area (Å²) in [6, 6.07) is 0. The second kappa shape index (κ2) is 2.46. The Morgan fingerprint density at radius 3 is 2.47 bits per heavy atom. The van der Waals surface area contributed by atoms with Crippen LogP contribution in [-0.2, 0) is 9.47 Å². The van der Waals surface area contributed by atoms with Gasteiger partial charge in [-0.3, -0.25) is 0 Å². The minimum atomic E-state index is 0.561. The van der Waals surface area contributed by atoms with E-state index in [9.17, 15) is 0 Å². The van der Waals surface area contributed by atoms with Crippen molar-refractivity contribution in [2.45, 2.75) is 50.6 Å². The maximum atomic E-state index is 6.18. The third-order valence-corrected chi connectivity index (χ3v) is 7.44. The van der Waals surface area contributed by atoms with Gasteiger partial charge in [0.15, 0.2) is 0 Å². The fourth-order valence-corrected chi connectivity index (χ4v) is 7.18. The minimum Gasteiger partial charge on any atom is -0.375 e. The van der Waals surface area contributed by atoms with Gasteiger partial charge in [-0.25, -0.2) is 0 Å². The molecule has 2 heterocycles. The van der Waals surface area contributed by atoms with E-state index in [4.69, 9.17) is 9.47 Å². The van der Waals surface area contributed by atoms with E-state index >= 15 is 0 Å². The Bertz CT molecular complexity index is 408. The van der Waals surface area contributed by atoms with Crippen LogP contribution in [0.1, 0.15) is 26.2 Å². The summed E-state index contributed by atoms with van der Waals surface area (Å²) in [7, 11) is 0. The molecule has 4 saturated carbocycles. The first-order valence-electron chi connectivity index (χ1n) is 7.64. The van der Waals surface area contributed by atoms with Crippen LogP contribution < -0.4 is 0 Å². The van der Waals surface area contributed by atoms with E-state index in [0.29, 0.717) is 24.4 Å². The summed E-state index contributed by atoms with van der Waals surface area (Å²) in [5.74, 6) is 6.94. The van der Waals surface area contributed by atoms with Crippen LogP contribution in [0.25, 0.3) is 0 Å². The third kappa shape index (κ3) is 0.805. The van der Waals surface area contributed by atoms with Crippen LogP contribution in [0.5, 0.6) is 0 Å². The highest BCUT2D eigenvalue weighted by Gasteiger charge is 2.73. The number of rotatable bonds is 0. The smallest absolute Gasteiger partial charge is 0.0875 e. The highest BCUT2D eigenvalue weighted by Crippen LogP contribution is 2.73. The average Bonchev–Trinajstić information content (AvgIpc) is 2.78. The quantitative estimate of drug-likeness (QED) is 0.471. The second-order valence-electron chi connectivity index (χ2n) is 7.61. The second-order valence-corrected chi connectivity index (χ2v) is 7.61. The predicted molar refractivity (Wildman–Crippen MR) is 61.3 cm³/mol. The molecule has 4 aliphatic carbocycles. The molecule has 4 bridgehead atoms. The summed E-state index contributed by atoms with van der Waals surface area (Å²) in [5.41, 5.74) is 0. The van der Waals surface area contributed by atoms with Gasteiger partial charge in [0, 0.05) is 0 Å². The largest absolute Gasteiger partial charge is 0.375 e. The first-order chi connectivity index (χ1) is 8.33. The van der Waals surface area contributed by atoms with Crippen molar-refractivity contribution in [2.75, 3.05) is 0 Å². The average molecular weight is 232 g/mol. The highest BCUT2D eigenvalue weighted by molar-refractivity contribution is 5.21. The normalized spacial score (nSPS) is 77.1. The van der Waals surface area contributed by atoms with E-state index < -0.39 is 0 Å². The molecule has 0 radical (unpaired) electrons. The van der Waals surface area contributed by atoms with Crippen LogP contribution in [0.2, 0.25) is 0 Å². The first-order valence-corrected chi connectivity index (χ1v) is 7.64. The van der Waals surface area contributed by atoms with E-state index in [1.54, 1.807) is 0 Å². The molecule has 2 aliphatic heterocycles. The van der Waals surface area contributed by atoms with E-state index in [1.807, 2.05) is 0 Å². The van der Waals surface area contributed by atoms with E-state index in [-0.39, 0.29) is 0 Å². The Morgan fingerprint density at radius 1 is 0.706 bits per heavy atom. The molecule has 0 aromatic rings. The fraction of sp³-hybridized carbons (Fsp3) is 1.00. The van der Waals surface area contributed by atoms with Crippen molar-refractivity contribution < 1.29 is 9.47 Å². The molecule has 0 N–H and O–H groups in total. The molecule has 92 valence electrons. The molecule has 2 heteroatoms. The molecule has 6 rings (SSSR count). The summed E-state index contributed by atoms with van der Waals surface area (Å²) in [5, 5.41) is 0. The molecule has 11 atom stereocenters. The summed E-state index contributed by atoms with van der Waals surface area (Å²) in [6.07, 6.45) is 6.89. The van der Waals surface area contributed by atoms with Gasteiger partial charge in [-0.2, -0.15) is 0 Å². The standard InChI is InChI=1S/C15H20O2/c1-5-6-3-10(16-5)14-9-2-7(12(6)14)8-4-11-15(17-11)13(8)9/h5-15H,2-4H2,1H3/t5-,6+,7?,8?,9?,10+,11?,12?,13?,14?,15?/m0/s1. The summed E-state index contributed by atoms with van der Waals surface area (Å²) in [6.45, 7) is 2.32. The lowest BCUT2D eigenvalue weighted by molar-refractivity contribution is -0.0883. The van der Waals surface area contributed by atoms with Crippen molar-refractivity contribution in [3.63, 3.8) is 0 Å². The van der Waals surface area contributed by atoms with Crippen LogP contribution in [0.3, 0.4) is 0 Å². The molecule has 0 aromatic carbocycles. The van der Waals surface area contributed by atoms with Gasteiger partial charge in [0.25, 0.3) is 0 Å². The lowest BCUT2D eigenvalue weighted by atomic mass is 9.66. The first kappa shape index (κ1) is 8.92. The number of hydrogen-bond acceptors (Lipinski definition) is 2. The van der Waals surface area contributed by atoms with Gasteiger partial charge in [0.1, 0.15) is 0 Å². The molecule has 8 unspecified atom stereocenters. The SMILES string of the molecule is C[C@@H]1O[C@@H]2C[C@H]1C1C3CC(C4C3CC3OC34)C12. The van der Waals surface area contributed by atoms with Gasteiger partial charge in [0.05, 0.1) is 24.4 Å². The highest BCUT2D eigenvalue weighted by atomic mass is 16.6. The Kier molecular flexibility index (Phi) is 1.29. The Hall–Kier alpha value is -0.0800. The minimum absolute atomic E-state index is 0.561. The van der Waals surface area contributed by atoms with Gasteiger partial charge < -0.3 is 9.47 Å². The fourth-order valence-electron chi connectivity index (χ4n) is 7.18. The van der Waals surface area contributed by atoms with Gasteiger partial charge in [-0.15, -0.1) is 0 Å². The topological polar surface area (TPSA) is 21.8 Å². The summed E-state index contributed by atoms with van der Waals surface area (Å²) < 4.78 is 12.0. The van der Waals surface area contributed by atoms with E-state index in [0.717, 1.165) is 41.4 Å². The Labute approximate surface area is 102 Å². The zero-order valence-electron chi connectivity index (χ0n) is 10.3. The number of ether oxygens (including phenoxy) is 2. The van der Waals surface area contributed by atoms with Crippen LogP contribution in [0, 0.1) is 41.4 Å². The van der Waals surface area contributed by atoms with E-state index in [2.05, 4.69) is 6.92 Å².